The Balaban J connectivity index is 1.76. The predicted octanol–water partition coefficient (Wildman–Crippen LogP) is 4.51. The molecule has 0 fully saturated rings. The Morgan fingerprint density at radius 1 is 1.00 bits per heavy atom. The van der Waals surface area contributed by atoms with Crippen LogP contribution in [0.1, 0.15) is 44.6 Å². The minimum absolute atomic E-state index is 0.0536. The first-order valence-corrected chi connectivity index (χ1v) is 14.0. The normalized spacial score (nSPS) is 12.4. The number of amides is 2. The standard InChI is InChI=1S/C28H36N4O5S/c1-17(2)25(32(7)28(34)18(3)4)27(33)29-16-21-12-14-22(15-13-21)23-10-8-9-11-24(23)38(35,36)31-26-19(5)20(6)37-30-26/h8-15,17-18,25H,16H2,1-7H3,(H,29,33)(H,30,31)/t25-/m0/s1. The van der Waals surface area contributed by atoms with Crippen LogP contribution in [0.25, 0.3) is 11.1 Å². The van der Waals surface area contributed by atoms with Crippen molar-refractivity contribution in [2.24, 2.45) is 11.8 Å². The fourth-order valence-corrected chi connectivity index (χ4v) is 5.49. The highest BCUT2D eigenvalue weighted by molar-refractivity contribution is 7.92. The van der Waals surface area contributed by atoms with E-state index in [9.17, 15) is 18.0 Å². The molecular weight excluding hydrogens is 504 g/mol. The zero-order chi connectivity index (χ0) is 28.2. The van der Waals surface area contributed by atoms with Crippen LogP contribution < -0.4 is 10.0 Å². The van der Waals surface area contributed by atoms with Crippen molar-refractivity contribution in [3.63, 3.8) is 0 Å². The number of nitrogens with one attached hydrogen (secondary N) is 2. The topological polar surface area (TPSA) is 122 Å². The number of carbonyl (C=O) groups is 2. The number of likely N-dealkylation sites (N-methyl/N-ethyl adjacent to an activating group) is 1. The minimum Gasteiger partial charge on any atom is -0.359 e. The Bertz CT molecular complexity index is 1390. The highest BCUT2D eigenvalue weighted by Crippen LogP contribution is 2.30. The van der Waals surface area contributed by atoms with Crippen LogP contribution in [-0.4, -0.2) is 43.4 Å². The van der Waals surface area contributed by atoms with Gasteiger partial charge in [-0.25, -0.2) is 8.42 Å². The molecule has 9 nitrogen and oxygen atoms in total. The van der Waals surface area contributed by atoms with Crippen molar-refractivity contribution in [3.05, 3.63) is 65.4 Å². The maximum Gasteiger partial charge on any atom is 0.263 e. The SMILES string of the molecule is Cc1onc(NS(=O)(=O)c2ccccc2-c2ccc(CNC(=O)[C@H](C(C)C)N(C)C(=O)C(C)C)cc2)c1C. The third-order valence-corrected chi connectivity index (χ3v) is 7.85. The average Bonchev–Trinajstić information content (AvgIpc) is 3.18. The van der Waals surface area contributed by atoms with Crippen molar-refractivity contribution in [1.29, 1.82) is 0 Å². The second kappa shape index (κ2) is 11.8. The lowest BCUT2D eigenvalue weighted by Gasteiger charge is -2.31. The van der Waals surface area contributed by atoms with Crippen molar-refractivity contribution in [1.82, 2.24) is 15.4 Å². The van der Waals surface area contributed by atoms with Gasteiger partial charge in [0.25, 0.3) is 10.0 Å². The van der Waals surface area contributed by atoms with Gasteiger partial charge in [0.15, 0.2) is 5.82 Å². The van der Waals surface area contributed by atoms with E-state index in [1.165, 1.54) is 11.0 Å². The van der Waals surface area contributed by atoms with Gasteiger partial charge in [-0.3, -0.25) is 14.3 Å². The summed E-state index contributed by atoms with van der Waals surface area (Å²) in [7, 11) is -2.27. The third-order valence-electron chi connectivity index (χ3n) is 6.46. The first-order valence-electron chi connectivity index (χ1n) is 12.5. The first kappa shape index (κ1) is 28.9. The molecule has 0 aliphatic carbocycles. The van der Waals surface area contributed by atoms with E-state index in [0.29, 0.717) is 22.5 Å². The van der Waals surface area contributed by atoms with Crippen molar-refractivity contribution in [3.8, 4) is 11.1 Å². The van der Waals surface area contributed by atoms with Gasteiger partial charge in [0, 0.05) is 30.6 Å². The number of anilines is 1. The summed E-state index contributed by atoms with van der Waals surface area (Å²) in [6.45, 7) is 11.2. The molecule has 2 N–H and O–H groups in total. The van der Waals surface area contributed by atoms with Gasteiger partial charge in [0.05, 0.1) is 4.90 Å². The summed E-state index contributed by atoms with van der Waals surface area (Å²) in [4.78, 5) is 27.0. The zero-order valence-corrected chi connectivity index (χ0v) is 23.7. The average molecular weight is 541 g/mol. The molecule has 2 amide bonds. The molecule has 1 heterocycles. The number of hydrogen-bond acceptors (Lipinski definition) is 6. The van der Waals surface area contributed by atoms with Crippen LogP contribution in [0, 0.1) is 25.7 Å². The van der Waals surface area contributed by atoms with Gasteiger partial charge in [0.1, 0.15) is 11.8 Å². The number of sulfonamides is 1. The molecule has 0 unspecified atom stereocenters. The molecule has 1 aromatic heterocycles. The summed E-state index contributed by atoms with van der Waals surface area (Å²) in [6.07, 6.45) is 0. The Labute approximate surface area is 224 Å². The van der Waals surface area contributed by atoms with Crippen molar-refractivity contribution in [2.75, 3.05) is 11.8 Å². The Kier molecular flexibility index (Phi) is 8.98. The fraction of sp³-hybridized carbons (Fsp3) is 0.393. The van der Waals surface area contributed by atoms with Crippen LogP contribution in [0.5, 0.6) is 0 Å². The Hall–Kier alpha value is -3.66. The van der Waals surface area contributed by atoms with Crippen LogP contribution in [-0.2, 0) is 26.2 Å². The molecule has 10 heteroatoms. The van der Waals surface area contributed by atoms with E-state index in [1.807, 2.05) is 52.0 Å². The Morgan fingerprint density at radius 2 is 1.63 bits per heavy atom. The highest BCUT2D eigenvalue weighted by atomic mass is 32.2. The lowest BCUT2D eigenvalue weighted by Crippen LogP contribution is -2.51. The number of carbonyl (C=O) groups excluding carboxylic acids is 2. The number of aromatic nitrogens is 1. The van der Waals surface area contributed by atoms with Crippen LogP contribution in [0.3, 0.4) is 0 Å². The number of hydrogen-bond donors (Lipinski definition) is 2. The summed E-state index contributed by atoms with van der Waals surface area (Å²) >= 11 is 0. The van der Waals surface area contributed by atoms with Gasteiger partial charge in [-0.05, 0) is 37.0 Å². The summed E-state index contributed by atoms with van der Waals surface area (Å²) in [5, 5.41) is 6.74. The number of benzene rings is 2. The molecule has 0 radical (unpaired) electrons. The van der Waals surface area contributed by atoms with Gasteiger partial charge < -0.3 is 14.7 Å². The maximum atomic E-state index is 13.2. The third kappa shape index (κ3) is 6.42. The van der Waals surface area contributed by atoms with E-state index in [0.717, 1.165) is 5.56 Å². The largest absolute Gasteiger partial charge is 0.359 e. The monoisotopic (exact) mass is 540 g/mol. The van der Waals surface area contributed by atoms with Crippen LogP contribution in [0.4, 0.5) is 5.82 Å². The Morgan fingerprint density at radius 3 is 2.18 bits per heavy atom. The molecule has 0 saturated carbocycles. The van der Waals surface area contributed by atoms with Gasteiger partial charge in [0.2, 0.25) is 11.8 Å². The summed E-state index contributed by atoms with van der Waals surface area (Å²) < 4.78 is 34.0. The van der Waals surface area contributed by atoms with Gasteiger partial charge in [-0.1, -0.05) is 75.3 Å². The van der Waals surface area contributed by atoms with E-state index in [1.54, 1.807) is 39.1 Å². The molecule has 3 rings (SSSR count). The molecule has 0 spiro atoms. The van der Waals surface area contributed by atoms with Crippen LogP contribution in [0.2, 0.25) is 0 Å². The fourth-order valence-electron chi connectivity index (χ4n) is 4.20. The van der Waals surface area contributed by atoms with E-state index in [2.05, 4.69) is 15.2 Å². The van der Waals surface area contributed by atoms with E-state index < -0.39 is 16.1 Å². The zero-order valence-electron chi connectivity index (χ0n) is 22.9. The number of nitrogens with zero attached hydrogens (tertiary/aromatic N) is 2. The van der Waals surface area contributed by atoms with Crippen LogP contribution >= 0.6 is 0 Å². The predicted molar refractivity (Wildman–Crippen MR) is 147 cm³/mol. The molecule has 2 aromatic carbocycles. The van der Waals surface area contributed by atoms with Crippen molar-refractivity contribution < 1.29 is 22.5 Å². The quantitative estimate of drug-likeness (QED) is 0.390. The summed E-state index contributed by atoms with van der Waals surface area (Å²) in [6, 6.07) is 13.4. The van der Waals surface area contributed by atoms with Gasteiger partial charge in [-0.15, -0.1) is 0 Å². The van der Waals surface area contributed by atoms with Gasteiger partial charge >= 0.3 is 0 Å². The summed E-state index contributed by atoms with van der Waals surface area (Å²) in [5.74, 6) is 0.136. The molecule has 3 aromatic rings. The molecule has 1 atom stereocenters. The van der Waals surface area contributed by atoms with Crippen LogP contribution in [0.15, 0.2) is 57.9 Å². The second-order valence-electron chi connectivity index (χ2n) is 10.0. The first-order chi connectivity index (χ1) is 17.8. The second-order valence-corrected chi connectivity index (χ2v) is 11.7. The molecule has 0 bridgehead atoms. The smallest absolute Gasteiger partial charge is 0.263 e. The highest BCUT2D eigenvalue weighted by Gasteiger charge is 2.30. The molecule has 0 aliphatic rings. The lowest BCUT2D eigenvalue weighted by atomic mass is 10.00. The van der Waals surface area contributed by atoms with E-state index in [-0.39, 0.29) is 40.9 Å². The van der Waals surface area contributed by atoms with Gasteiger partial charge in [-0.2, -0.15) is 0 Å². The molecule has 0 aliphatic heterocycles. The van der Waals surface area contributed by atoms with E-state index >= 15 is 0 Å². The van der Waals surface area contributed by atoms with Crippen molar-refractivity contribution in [2.45, 2.75) is 59.0 Å². The molecule has 0 saturated heterocycles. The maximum absolute atomic E-state index is 13.2. The van der Waals surface area contributed by atoms with Crippen molar-refractivity contribution >= 4 is 27.7 Å². The lowest BCUT2D eigenvalue weighted by molar-refractivity contribution is -0.142. The minimum atomic E-state index is -3.93. The molecule has 204 valence electrons. The summed E-state index contributed by atoms with van der Waals surface area (Å²) in [5.41, 5.74) is 2.70. The number of rotatable bonds is 10. The molecular formula is C28H36N4O5S. The number of aryl methyl sites for hydroxylation is 1. The molecule has 38 heavy (non-hydrogen) atoms. The van der Waals surface area contributed by atoms with E-state index in [4.69, 9.17) is 4.52 Å².